The van der Waals surface area contributed by atoms with E-state index in [1.54, 1.807) is 7.11 Å². The summed E-state index contributed by atoms with van der Waals surface area (Å²) in [5.41, 5.74) is 1.34. The van der Waals surface area contributed by atoms with Crippen LogP contribution in [0.5, 0.6) is 5.75 Å². The molecule has 0 saturated heterocycles. The Labute approximate surface area is 116 Å². The fourth-order valence-electron chi connectivity index (χ4n) is 2.52. The van der Waals surface area contributed by atoms with Crippen LogP contribution in [0, 0.1) is 0 Å². The van der Waals surface area contributed by atoms with Gasteiger partial charge in [0.25, 0.3) is 0 Å². The van der Waals surface area contributed by atoms with E-state index in [-0.39, 0.29) is 12.2 Å². The molecule has 19 heavy (non-hydrogen) atoms. The fourth-order valence-corrected chi connectivity index (χ4v) is 2.52. The van der Waals surface area contributed by atoms with Crippen LogP contribution in [0.1, 0.15) is 32.3 Å². The number of ether oxygens (including phenoxy) is 2. The average molecular weight is 263 g/mol. The molecule has 1 aliphatic carbocycles. The van der Waals surface area contributed by atoms with Crippen molar-refractivity contribution in [2.45, 2.75) is 51.4 Å². The van der Waals surface area contributed by atoms with E-state index in [2.05, 4.69) is 43.4 Å². The zero-order valence-corrected chi connectivity index (χ0v) is 12.2. The number of rotatable bonds is 7. The van der Waals surface area contributed by atoms with E-state index in [4.69, 9.17) is 9.47 Å². The molecule has 106 valence electrons. The Morgan fingerprint density at radius 3 is 2.53 bits per heavy atom. The Kier molecular flexibility index (Phi) is 5.23. The van der Waals surface area contributed by atoms with E-state index >= 15 is 0 Å². The molecule has 0 aromatic heterocycles. The van der Waals surface area contributed by atoms with Crippen LogP contribution in [-0.4, -0.2) is 31.9 Å². The van der Waals surface area contributed by atoms with Gasteiger partial charge in [-0.25, -0.2) is 0 Å². The Hall–Kier alpha value is -1.06. The molecule has 3 unspecified atom stereocenters. The molecule has 0 amide bonds. The molecule has 1 aliphatic rings. The van der Waals surface area contributed by atoms with Crippen molar-refractivity contribution >= 4 is 0 Å². The number of nitrogens with one attached hydrogen (secondary N) is 1. The van der Waals surface area contributed by atoms with E-state index < -0.39 is 0 Å². The second-order valence-corrected chi connectivity index (χ2v) is 5.15. The zero-order chi connectivity index (χ0) is 13.7. The lowest BCUT2D eigenvalue weighted by Gasteiger charge is -2.43. The maximum absolute atomic E-state index is 6.00. The molecule has 0 heterocycles. The van der Waals surface area contributed by atoms with Gasteiger partial charge < -0.3 is 14.8 Å². The molecule has 1 aromatic carbocycles. The summed E-state index contributed by atoms with van der Waals surface area (Å²) in [7, 11) is 1.76. The van der Waals surface area contributed by atoms with E-state index in [9.17, 15) is 0 Å². The summed E-state index contributed by atoms with van der Waals surface area (Å²) in [6, 6.07) is 8.80. The normalized spacial score (nSPS) is 25.9. The predicted octanol–water partition coefficient (Wildman–Crippen LogP) is 2.78. The van der Waals surface area contributed by atoms with Gasteiger partial charge in [-0.05, 0) is 37.1 Å². The minimum atomic E-state index is 0.164. The molecule has 0 aliphatic heterocycles. The third-order valence-corrected chi connectivity index (χ3v) is 3.80. The highest BCUT2D eigenvalue weighted by Gasteiger charge is 2.42. The van der Waals surface area contributed by atoms with Crippen LogP contribution in [-0.2, 0) is 11.2 Å². The van der Waals surface area contributed by atoms with Gasteiger partial charge in [0.1, 0.15) is 18.0 Å². The van der Waals surface area contributed by atoms with E-state index in [1.165, 1.54) is 5.56 Å². The zero-order valence-electron chi connectivity index (χ0n) is 12.2. The van der Waals surface area contributed by atoms with Gasteiger partial charge in [0.05, 0.1) is 0 Å². The Bertz CT molecular complexity index is 377. The maximum Gasteiger partial charge on any atom is 0.128 e. The number of hydrogen-bond acceptors (Lipinski definition) is 3. The van der Waals surface area contributed by atoms with Crippen molar-refractivity contribution in [1.82, 2.24) is 5.32 Å². The van der Waals surface area contributed by atoms with Gasteiger partial charge in [0, 0.05) is 19.6 Å². The van der Waals surface area contributed by atoms with Crippen LogP contribution < -0.4 is 10.1 Å². The number of aryl methyl sites for hydroxylation is 1. The molecule has 1 saturated carbocycles. The highest BCUT2D eigenvalue weighted by atomic mass is 16.5. The fraction of sp³-hybridized carbons (Fsp3) is 0.625. The minimum Gasteiger partial charge on any atom is -0.488 e. The number of benzene rings is 1. The lowest BCUT2D eigenvalue weighted by Crippen LogP contribution is -2.61. The first kappa shape index (κ1) is 14.4. The van der Waals surface area contributed by atoms with Crippen molar-refractivity contribution in [3.63, 3.8) is 0 Å². The average Bonchev–Trinajstić information content (AvgIpc) is 2.43. The molecule has 1 fully saturated rings. The highest BCUT2D eigenvalue weighted by Crippen LogP contribution is 2.29. The molecule has 1 N–H and O–H groups in total. The van der Waals surface area contributed by atoms with Crippen molar-refractivity contribution < 1.29 is 9.47 Å². The quantitative estimate of drug-likeness (QED) is 0.820. The summed E-state index contributed by atoms with van der Waals surface area (Å²) < 4.78 is 11.5. The largest absolute Gasteiger partial charge is 0.488 e. The minimum absolute atomic E-state index is 0.164. The predicted molar refractivity (Wildman–Crippen MR) is 77.7 cm³/mol. The van der Waals surface area contributed by atoms with Crippen LogP contribution in [0.4, 0.5) is 0 Å². The highest BCUT2D eigenvalue weighted by molar-refractivity contribution is 5.27. The van der Waals surface area contributed by atoms with Crippen molar-refractivity contribution in [2.75, 3.05) is 13.7 Å². The summed E-state index contributed by atoms with van der Waals surface area (Å²) in [5, 5.41) is 3.50. The Balaban J connectivity index is 1.85. The lowest BCUT2D eigenvalue weighted by atomic mass is 9.85. The topological polar surface area (TPSA) is 30.5 Å². The molecule has 3 heteroatoms. The maximum atomic E-state index is 6.00. The molecule has 1 aromatic rings. The Morgan fingerprint density at radius 2 is 1.95 bits per heavy atom. The Morgan fingerprint density at radius 1 is 1.21 bits per heavy atom. The number of methoxy groups -OCH3 is 1. The van der Waals surface area contributed by atoms with Gasteiger partial charge in [-0.15, -0.1) is 0 Å². The van der Waals surface area contributed by atoms with Gasteiger partial charge >= 0.3 is 0 Å². The van der Waals surface area contributed by atoms with Crippen molar-refractivity contribution in [1.29, 1.82) is 0 Å². The summed E-state index contributed by atoms with van der Waals surface area (Å²) in [6.07, 6.45) is 3.57. The molecule has 0 bridgehead atoms. The summed E-state index contributed by atoms with van der Waals surface area (Å²) in [6.45, 7) is 5.38. The smallest absolute Gasteiger partial charge is 0.128 e. The van der Waals surface area contributed by atoms with Gasteiger partial charge in [-0.2, -0.15) is 0 Å². The molecule has 3 atom stereocenters. The molecule has 3 nitrogen and oxygen atoms in total. The van der Waals surface area contributed by atoms with Crippen LogP contribution >= 0.6 is 0 Å². The third-order valence-electron chi connectivity index (χ3n) is 3.80. The lowest BCUT2D eigenvalue weighted by molar-refractivity contribution is -0.0887. The number of hydrogen-bond donors (Lipinski definition) is 1. The van der Waals surface area contributed by atoms with Gasteiger partial charge in [0.2, 0.25) is 0 Å². The molecule has 0 spiro atoms. The van der Waals surface area contributed by atoms with E-state index in [0.29, 0.717) is 6.04 Å². The first-order valence-electron chi connectivity index (χ1n) is 7.30. The molecule has 0 radical (unpaired) electrons. The van der Waals surface area contributed by atoms with Crippen LogP contribution in [0.2, 0.25) is 0 Å². The van der Waals surface area contributed by atoms with E-state index in [0.717, 1.165) is 31.6 Å². The second-order valence-electron chi connectivity index (χ2n) is 5.15. The van der Waals surface area contributed by atoms with Crippen molar-refractivity contribution in [2.24, 2.45) is 0 Å². The standard InChI is InChI=1S/C16H25NO2/c1-4-10-17-14-11-15(16(14)18-3)19-13-8-6-12(5-2)7-9-13/h6-9,14-17H,4-5,10-11H2,1-3H3. The van der Waals surface area contributed by atoms with Crippen LogP contribution in [0.25, 0.3) is 0 Å². The molecule has 2 rings (SSSR count). The monoisotopic (exact) mass is 263 g/mol. The summed E-state index contributed by atoms with van der Waals surface area (Å²) >= 11 is 0. The second kappa shape index (κ2) is 6.92. The van der Waals surface area contributed by atoms with Crippen molar-refractivity contribution in [3.8, 4) is 5.75 Å². The van der Waals surface area contributed by atoms with Gasteiger partial charge in [-0.1, -0.05) is 26.0 Å². The van der Waals surface area contributed by atoms with Gasteiger partial charge in [-0.3, -0.25) is 0 Å². The molecular formula is C16H25NO2. The van der Waals surface area contributed by atoms with Crippen molar-refractivity contribution in [3.05, 3.63) is 29.8 Å². The SMILES string of the molecule is CCCNC1CC(Oc2ccc(CC)cc2)C1OC. The van der Waals surface area contributed by atoms with Crippen LogP contribution in [0.3, 0.4) is 0 Å². The summed E-state index contributed by atoms with van der Waals surface area (Å²) in [5.74, 6) is 0.943. The summed E-state index contributed by atoms with van der Waals surface area (Å²) in [4.78, 5) is 0. The first-order valence-corrected chi connectivity index (χ1v) is 7.30. The van der Waals surface area contributed by atoms with Gasteiger partial charge in [0.15, 0.2) is 0 Å². The van der Waals surface area contributed by atoms with Crippen LogP contribution in [0.15, 0.2) is 24.3 Å². The van der Waals surface area contributed by atoms with E-state index in [1.807, 2.05) is 0 Å². The first-order chi connectivity index (χ1) is 9.28. The molecular weight excluding hydrogens is 238 g/mol. The third kappa shape index (κ3) is 3.48.